The number of aryl methyl sites for hydroxylation is 2. The summed E-state index contributed by atoms with van der Waals surface area (Å²) >= 11 is 0. The van der Waals surface area contributed by atoms with Crippen LogP contribution < -0.4 is 10.1 Å². The van der Waals surface area contributed by atoms with Crippen LogP contribution in [0.25, 0.3) is 0 Å². The number of furan rings is 1. The largest absolute Gasteiger partial charge is 0.497 e. The van der Waals surface area contributed by atoms with Crippen LogP contribution in [0.4, 0.5) is 5.69 Å². The van der Waals surface area contributed by atoms with Gasteiger partial charge in [-0.15, -0.1) is 0 Å². The molecule has 1 atom stereocenters. The third-order valence-electron chi connectivity index (χ3n) is 2.96. The third kappa shape index (κ3) is 2.96. The summed E-state index contributed by atoms with van der Waals surface area (Å²) in [6, 6.07) is 8.90. The zero-order chi connectivity index (χ0) is 13.8. The molecular formula is C15H17NO3. The number of hydrogen-bond donors (Lipinski definition) is 1. The molecule has 0 amide bonds. The first-order valence-electron chi connectivity index (χ1n) is 6.07. The topological polar surface area (TPSA) is 51.5 Å². The van der Waals surface area contributed by atoms with Gasteiger partial charge in [-0.25, -0.2) is 0 Å². The lowest BCUT2D eigenvalue weighted by Crippen LogP contribution is -2.12. The lowest BCUT2D eigenvalue weighted by atomic mass is 10.1. The minimum Gasteiger partial charge on any atom is -0.497 e. The van der Waals surface area contributed by atoms with Gasteiger partial charge in [0.15, 0.2) is 0 Å². The second-order valence-electron chi connectivity index (χ2n) is 4.36. The van der Waals surface area contributed by atoms with E-state index in [4.69, 9.17) is 9.15 Å². The Balaban J connectivity index is 2.18. The van der Waals surface area contributed by atoms with E-state index in [1.807, 2.05) is 44.2 Å². The number of ether oxygens (including phenoxy) is 1. The van der Waals surface area contributed by atoms with Crippen LogP contribution in [-0.4, -0.2) is 13.4 Å². The van der Waals surface area contributed by atoms with Crippen molar-refractivity contribution < 1.29 is 13.9 Å². The molecule has 4 heteroatoms. The van der Waals surface area contributed by atoms with Gasteiger partial charge in [0, 0.05) is 11.3 Å². The van der Waals surface area contributed by atoms with Crippen molar-refractivity contribution in [3.8, 4) is 5.75 Å². The molecule has 4 nitrogen and oxygen atoms in total. The van der Waals surface area contributed by atoms with E-state index >= 15 is 0 Å². The van der Waals surface area contributed by atoms with E-state index in [0.717, 1.165) is 34.8 Å². The van der Waals surface area contributed by atoms with E-state index < -0.39 is 6.04 Å². The molecule has 0 fully saturated rings. The monoisotopic (exact) mass is 259 g/mol. The molecule has 2 rings (SSSR count). The Hall–Kier alpha value is -2.23. The zero-order valence-corrected chi connectivity index (χ0v) is 11.3. The fourth-order valence-electron chi connectivity index (χ4n) is 2.01. The highest BCUT2D eigenvalue weighted by molar-refractivity contribution is 5.68. The van der Waals surface area contributed by atoms with Gasteiger partial charge in [0.05, 0.1) is 7.11 Å². The summed E-state index contributed by atoms with van der Waals surface area (Å²) in [5.74, 6) is 2.34. The van der Waals surface area contributed by atoms with Crippen molar-refractivity contribution in [1.82, 2.24) is 0 Å². The van der Waals surface area contributed by atoms with E-state index in [1.165, 1.54) is 0 Å². The predicted molar refractivity (Wildman–Crippen MR) is 73.6 cm³/mol. The number of carbonyl (C=O) groups excluding carboxylic acids is 1. The van der Waals surface area contributed by atoms with Gasteiger partial charge >= 0.3 is 0 Å². The van der Waals surface area contributed by atoms with Crippen LogP contribution in [0.3, 0.4) is 0 Å². The summed E-state index contributed by atoms with van der Waals surface area (Å²) < 4.78 is 10.5. The summed E-state index contributed by atoms with van der Waals surface area (Å²) in [7, 11) is 1.62. The normalized spacial score (nSPS) is 11.9. The fraction of sp³-hybridized carbons (Fsp3) is 0.267. The fourth-order valence-corrected chi connectivity index (χ4v) is 2.01. The number of aldehydes is 1. The molecule has 0 spiro atoms. The smallest absolute Gasteiger partial charge is 0.146 e. The van der Waals surface area contributed by atoms with Crippen LogP contribution >= 0.6 is 0 Å². The minimum atomic E-state index is -0.411. The number of carbonyl (C=O) groups is 1. The van der Waals surface area contributed by atoms with E-state index in [0.29, 0.717) is 0 Å². The summed E-state index contributed by atoms with van der Waals surface area (Å²) in [6.45, 7) is 3.72. The average Bonchev–Trinajstić information content (AvgIpc) is 2.75. The number of anilines is 1. The molecule has 0 aliphatic carbocycles. The number of benzene rings is 1. The van der Waals surface area contributed by atoms with Crippen LogP contribution in [0.2, 0.25) is 0 Å². The molecule has 19 heavy (non-hydrogen) atoms. The standard InChI is InChI=1S/C15H17NO3/c1-10-8-14(11(2)19-10)15(9-17)16-12-4-6-13(18-3)7-5-12/h4-9,15-16H,1-3H3. The Kier molecular flexibility index (Phi) is 3.90. The second kappa shape index (κ2) is 5.61. The van der Waals surface area contributed by atoms with Gasteiger partial charge in [0.2, 0.25) is 0 Å². The lowest BCUT2D eigenvalue weighted by molar-refractivity contribution is -0.108. The molecule has 0 bridgehead atoms. The maximum absolute atomic E-state index is 11.3. The van der Waals surface area contributed by atoms with Gasteiger partial charge in [0.25, 0.3) is 0 Å². The Morgan fingerprint density at radius 1 is 1.26 bits per heavy atom. The van der Waals surface area contributed by atoms with Crippen molar-refractivity contribution in [3.05, 3.63) is 47.4 Å². The van der Waals surface area contributed by atoms with Gasteiger partial charge in [-0.05, 0) is 44.2 Å². The molecule has 0 aliphatic rings. The first kappa shape index (κ1) is 13.2. The quantitative estimate of drug-likeness (QED) is 0.837. The van der Waals surface area contributed by atoms with Crippen molar-refractivity contribution in [2.24, 2.45) is 0 Å². The van der Waals surface area contributed by atoms with Gasteiger partial charge in [0.1, 0.15) is 29.6 Å². The van der Waals surface area contributed by atoms with Gasteiger partial charge < -0.3 is 19.3 Å². The predicted octanol–water partition coefficient (Wildman–Crippen LogP) is 3.26. The Labute approximate surface area is 112 Å². The molecule has 1 unspecified atom stereocenters. The molecule has 100 valence electrons. The highest BCUT2D eigenvalue weighted by Gasteiger charge is 2.16. The number of nitrogens with one attached hydrogen (secondary N) is 1. The van der Waals surface area contributed by atoms with E-state index in [9.17, 15) is 4.79 Å². The molecule has 2 aromatic rings. The van der Waals surface area contributed by atoms with Crippen molar-refractivity contribution in [1.29, 1.82) is 0 Å². The first-order chi connectivity index (χ1) is 9.13. The number of methoxy groups -OCH3 is 1. The Morgan fingerprint density at radius 3 is 2.42 bits per heavy atom. The minimum absolute atomic E-state index is 0.411. The van der Waals surface area contributed by atoms with Crippen LogP contribution in [0, 0.1) is 13.8 Å². The van der Waals surface area contributed by atoms with E-state index in [-0.39, 0.29) is 0 Å². The van der Waals surface area contributed by atoms with Gasteiger partial charge in [-0.3, -0.25) is 0 Å². The van der Waals surface area contributed by atoms with Crippen LogP contribution in [-0.2, 0) is 4.79 Å². The molecule has 0 aliphatic heterocycles. The Morgan fingerprint density at radius 2 is 1.95 bits per heavy atom. The van der Waals surface area contributed by atoms with Crippen molar-refractivity contribution >= 4 is 12.0 Å². The van der Waals surface area contributed by atoms with Gasteiger partial charge in [-0.2, -0.15) is 0 Å². The van der Waals surface area contributed by atoms with Crippen LogP contribution in [0.1, 0.15) is 23.1 Å². The third-order valence-corrected chi connectivity index (χ3v) is 2.96. The van der Waals surface area contributed by atoms with Crippen LogP contribution in [0.5, 0.6) is 5.75 Å². The molecule has 1 N–H and O–H groups in total. The number of rotatable bonds is 5. The molecule has 1 aromatic heterocycles. The average molecular weight is 259 g/mol. The lowest BCUT2D eigenvalue weighted by Gasteiger charge is -2.13. The molecule has 1 aromatic carbocycles. The maximum Gasteiger partial charge on any atom is 0.146 e. The first-order valence-corrected chi connectivity index (χ1v) is 6.07. The van der Waals surface area contributed by atoms with E-state index in [2.05, 4.69) is 5.32 Å². The molecular weight excluding hydrogens is 242 g/mol. The summed E-state index contributed by atoms with van der Waals surface area (Å²) in [6.07, 6.45) is 0.877. The van der Waals surface area contributed by atoms with Crippen LogP contribution in [0.15, 0.2) is 34.7 Å². The summed E-state index contributed by atoms with van der Waals surface area (Å²) in [5, 5.41) is 3.17. The Bertz CT molecular complexity index is 557. The van der Waals surface area contributed by atoms with Crippen molar-refractivity contribution in [2.75, 3.05) is 12.4 Å². The number of hydrogen-bond acceptors (Lipinski definition) is 4. The zero-order valence-electron chi connectivity index (χ0n) is 11.3. The highest BCUT2D eigenvalue weighted by Crippen LogP contribution is 2.25. The molecule has 0 saturated heterocycles. The summed E-state index contributed by atoms with van der Waals surface area (Å²) in [5.41, 5.74) is 1.72. The summed E-state index contributed by atoms with van der Waals surface area (Å²) in [4.78, 5) is 11.3. The highest BCUT2D eigenvalue weighted by atomic mass is 16.5. The molecule has 0 radical (unpaired) electrons. The second-order valence-corrected chi connectivity index (χ2v) is 4.36. The van der Waals surface area contributed by atoms with Gasteiger partial charge in [-0.1, -0.05) is 0 Å². The maximum atomic E-state index is 11.3. The van der Waals surface area contributed by atoms with E-state index in [1.54, 1.807) is 7.11 Å². The van der Waals surface area contributed by atoms with Crippen molar-refractivity contribution in [2.45, 2.75) is 19.9 Å². The molecule has 1 heterocycles. The SMILES string of the molecule is COc1ccc(NC(C=O)c2cc(C)oc2C)cc1. The molecule has 0 saturated carbocycles. The van der Waals surface area contributed by atoms with Crippen molar-refractivity contribution in [3.63, 3.8) is 0 Å².